The molecule has 0 aliphatic carbocycles. The second kappa shape index (κ2) is 4.47. The van der Waals surface area contributed by atoms with E-state index >= 15 is 0 Å². The largest absolute Gasteiger partial charge is 0.480 e. The Labute approximate surface area is 87.9 Å². The van der Waals surface area contributed by atoms with Gasteiger partial charge in [0, 0.05) is 4.90 Å². The van der Waals surface area contributed by atoms with Crippen LogP contribution in [0.15, 0.2) is 29.2 Å². The number of hydrogen-bond acceptors (Lipinski definition) is 4. The van der Waals surface area contributed by atoms with E-state index in [0.29, 0.717) is 4.90 Å². The van der Waals surface area contributed by atoms with E-state index in [2.05, 4.69) is 12.6 Å². The number of carboxylic acids is 1. The first-order chi connectivity index (χ1) is 6.52. The van der Waals surface area contributed by atoms with Gasteiger partial charge in [0.1, 0.15) is 0 Å². The van der Waals surface area contributed by atoms with Crippen LogP contribution in [0, 0.1) is 0 Å². The summed E-state index contributed by atoms with van der Waals surface area (Å²) in [7, 11) is -3.01. The number of carboxylic acid groups (broad SMARTS) is 1. The summed E-state index contributed by atoms with van der Waals surface area (Å²) >= 11 is 4.01. The fourth-order valence-electron chi connectivity index (χ4n) is 1.01. The first-order valence-corrected chi connectivity index (χ1v) is 5.37. The minimum Gasteiger partial charge on any atom is -0.480 e. The molecule has 0 bridgehead atoms. The lowest BCUT2D eigenvalue weighted by Crippen LogP contribution is -2.12. The standard InChI is InChI=1S/C8H8O4S2/c9-8(10)7(14(11)12)5-1-3-6(13)4-2-5/h1-4,7,13-14H,(H,9,10). The molecule has 76 valence electrons. The van der Waals surface area contributed by atoms with Crippen molar-refractivity contribution in [2.45, 2.75) is 10.1 Å². The predicted octanol–water partition coefficient (Wildman–Crippen LogP) is 0.712. The highest BCUT2D eigenvalue weighted by Crippen LogP contribution is 2.18. The number of hydrogen-bond donors (Lipinski definition) is 3. The molecule has 0 saturated carbocycles. The summed E-state index contributed by atoms with van der Waals surface area (Å²) in [4.78, 5) is 11.3. The summed E-state index contributed by atoms with van der Waals surface area (Å²) in [6.07, 6.45) is 0. The molecule has 6 heteroatoms. The molecule has 1 aromatic carbocycles. The fraction of sp³-hybridized carbons (Fsp3) is 0.125. The maximum absolute atomic E-state index is 10.7. The van der Waals surface area contributed by atoms with Gasteiger partial charge in [0.2, 0.25) is 0 Å². The molecular weight excluding hydrogens is 224 g/mol. The zero-order valence-electron chi connectivity index (χ0n) is 6.95. The van der Waals surface area contributed by atoms with Crippen molar-refractivity contribution >= 4 is 29.3 Å². The minimum atomic E-state index is -3.01. The smallest absolute Gasteiger partial charge is 0.326 e. The number of rotatable bonds is 3. The van der Waals surface area contributed by atoms with Crippen molar-refractivity contribution in [3.05, 3.63) is 29.8 Å². The monoisotopic (exact) mass is 232 g/mol. The molecule has 1 unspecified atom stereocenters. The number of carbonyl (C=O) groups is 1. The van der Waals surface area contributed by atoms with E-state index in [1.54, 1.807) is 12.1 Å². The molecule has 0 spiro atoms. The van der Waals surface area contributed by atoms with Crippen LogP contribution in [0.1, 0.15) is 10.8 Å². The Hall–Kier alpha value is -1.01. The average molecular weight is 232 g/mol. The highest BCUT2D eigenvalue weighted by Gasteiger charge is 2.22. The normalized spacial score (nSPS) is 12.7. The molecule has 4 nitrogen and oxygen atoms in total. The van der Waals surface area contributed by atoms with E-state index in [1.165, 1.54) is 12.1 Å². The van der Waals surface area contributed by atoms with Crippen molar-refractivity contribution < 1.29 is 18.3 Å². The third-order valence-corrected chi connectivity index (χ3v) is 2.89. The van der Waals surface area contributed by atoms with E-state index in [-0.39, 0.29) is 5.56 Å². The lowest BCUT2D eigenvalue weighted by Gasteiger charge is -2.04. The molecule has 0 amide bonds. The lowest BCUT2D eigenvalue weighted by molar-refractivity contribution is -0.136. The number of benzene rings is 1. The first-order valence-electron chi connectivity index (χ1n) is 3.67. The molecule has 0 aliphatic heterocycles. The zero-order valence-corrected chi connectivity index (χ0v) is 8.74. The van der Waals surface area contributed by atoms with Gasteiger partial charge in [-0.3, -0.25) is 4.79 Å². The average Bonchev–Trinajstić information content (AvgIpc) is 2.07. The van der Waals surface area contributed by atoms with Crippen LogP contribution in [0.25, 0.3) is 0 Å². The van der Waals surface area contributed by atoms with Crippen LogP contribution in [0.5, 0.6) is 0 Å². The molecule has 14 heavy (non-hydrogen) atoms. The quantitative estimate of drug-likeness (QED) is 0.671. The van der Waals surface area contributed by atoms with E-state index in [0.717, 1.165) is 0 Å². The zero-order chi connectivity index (χ0) is 10.7. The van der Waals surface area contributed by atoms with E-state index in [9.17, 15) is 13.2 Å². The van der Waals surface area contributed by atoms with E-state index in [4.69, 9.17) is 5.11 Å². The van der Waals surface area contributed by atoms with Crippen molar-refractivity contribution in [2.24, 2.45) is 0 Å². The van der Waals surface area contributed by atoms with Crippen molar-refractivity contribution in [1.82, 2.24) is 0 Å². The summed E-state index contributed by atoms with van der Waals surface area (Å²) < 4.78 is 21.3. The Bertz CT molecular complexity index is 400. The molecular formula is C8H8O4S2. The van der Waals surface area contributed by atoms with Crippen LogP contribution in [0.3, 0.4) is 0 Å². The summed E-state index contributed by atoms with van der Waals surface area (Å²) in [5, 5.41) is 7.19. The molecule has 1 rings (SSSR count). The molecule has 0 aliphatic rings. The summed E-state index contributed by atoms with van der Waals surface area (Å²) in [6, 6.07) is 5.97. The van der Waals surface area contributed by atoms with Gasteiger partial charge >= 0.3 is 5.97 Å². The molecule has 0 aromatic heterocycles. The second-order valence-electron chi connectivity index (χ2n) is 2.62. The molecule has 0 heterocycles. The first kappa shape index (κ1) is 11.1. The third kappa shape index (κ3) is 2.49. The van der Waals surface area contributed by atoms with E-state index in [1.807, 2.05) is 0 Å². The molecule has 1 aromatic rings. The van der Waals surface area contributed by atoms with Crippen LogP contribution < -0.4 is 0 Å². The highest BCUT2D eigenvalue weighted by atomic mass is 32.2. The highest BCUT2D eigenvalue weighted by molar-refractivity contribution is 7.80. The van der Waals surface area contributed by atoms with Crippen LogP contribution >= 0.6 is 12.6 Å². The molecule has 1 atom stereocenters. The predicted molar refractivity (Wildman–Crippen MR) is 54.4 cm³/mol. The Balaban J connectivity index is 3.12. The lowest BCUT2D eigenvalue weighted by atomic mass is 10.1. The maximum atomic E-state index is 10.7. The topological polar surface area (TPSA) is 71.4 Å². The van der Waals surface area contributed by atoms with Gasteiger partial charge < -0.3 is 5.11 Å². The van der Waals surface area contributed by atoms with E-state index < -0.39 is 21.9 Å². The van der Waals surface area contributed by atoms with Crippen LogP contribution in [0.4, 0.5) is 0 Å². The summed E-state index contributed by atoms with van der Waals surface area (Å²) in [6.45, 7) is 0. The number of thiol groups is 2. The minimum absolute atomic E-state index is 0.242. The third-order valence-electron chi connectivity index (χ3n) is 1.65. The Morgan fingerprint density at radius 1 is 1.29 bits per heavy atom. The van der Waals surface area contributed by atoms with Gasteiger partial charge in [-0.15, -0.1) is 12.6 Å². The molecule has 1 N–H and O–H groups in total. The molecule has 0 fully saturated rings. The van der Waals surface area contributed by atoms with Crippen molar-refractivity contribution in [1.29, 1.82) is 0 Å². The van der Waals surface area contributed by atoms with Gasteiger partial charge in [-0.1, -0.05) is 12.1 Å². The van der Waals surface area contributed by atoms with Gasteiger partial charge in [0.05, 0.1) is 0 Å². The summed E-state index contributed by atoms with van der Waals surface area (Å²) in [5.41, 5.74) is 0.242. The van der Waals surface area contributed by atoms with Crippen LogP contribution in [-0.4, -0.2) is 19.5 Å². The Morgan fingerprint density at radius 2 is 1.79 bits per heavy atom. The van der Waals surface area contributed by atoms with Gasteiger partial charge in [-0.25, -0.2) is 8.42 Å². The van der Waals surface area contributed by atoms with Crippen molar-refractivity contribution in [3.8, 4) is 0 Å². The van der Waals surface area contributed by atoms with Gasteiger partial charge in [0.15, 0.2) is 16.0 Å². The maximum Gasteiger partial charge on any atom is 0.326 e. The van der Waals surface area contributed by atoms with Gasteiger partial charge in [0.25, 0.3) is 0 Å². The van der Waals surface area contributed by atoms with Crippen LogP contribution in [-0.2, 0) is 15.5 Å². The molecule has 0 radical (unpaired) electrons. The van der Waals surface area contributed by atoms with Gasteiger partial charge in [-0.05, 0) is 17.7 Å². The number of aliphatic carboxylic acids is 1. The van der Waals surface area contributed by atoms with Crippen molar-refractivity contribution in [2.75, 3.05) is 0 Å². The second-order valence-corrected chi connectivity index (χ2v) is 4.22. The molecule has 0 saturated heterocycles. The fourth-order valence-corrected chi connectivity index (χ4v) is 1.76. The SMILES string of the molecule is O=C(O)C(c1ccc(S)cc1)[SH](=O)=O. The Morgan fingerprint density at radius 3 is 2.14 bits per heavy atom. The summed E-state index contributed by atoms with van der Waals surface area (Å²) in [5.74, 6) is -1.37. The van der Waals surface area contributed by atoms with Gasteiger partial charge in [-0.2, -0.15) is 0 Å². The Kier molecular flexibility index (Phi) is 3.54. The van der Waals surface area contributed by atoms with Crippen LogP contribution in [0.2, 0.25) is 0 Å². The van der Waals surface area contributed by atoms with Crippen molar-refractivity contribution in [3.63, 3.8) is 0 Å².